The van der Waals surface area contributed by atoms with E-state index in [2.05, 4.69) is 10.2 Å². The number of amides is 5. The second-order valence-corrected chi connectivity index (χ2v) is 15.9. The van der Waals surface area contributed by atoms with Gasteiger partial charge in [-0.05, 0) is 79.1 Å². The van der Waals surface area contributed by atoms with Crippen molar-refractivity contribution >= 4 is 46.8 Å². The molecule has 324 valence electrons. The normalized spacial score (nSPS) is 18.8. The molecule has 62 heavy (non-hydrogen) atoms. The molecule has 1 aromatic heterocycles. The fraction of sp³-hybridized carbons (Fsp3) is 0.400. The zero-order chi connectivity index (χ0) is 43.7. The van der Waals surface area contributed by atoms with E-state index >= 15 is 0 Å². The summed E-state index contributed by atoms with van der Waals surface area (Å²) in [6.07, 6.45) is 3.86. The van der Waals surface area contributed by atoms with Gasteiger partial charge in [0.25, 0.3) is 23.8 Å². The predicted molar refractivity (Wildman–Crippen MR) is 222 cm³/mol. The Morgan fingerprint density at radius 2 is 1.68 bits per heavy atom. The van der Waals surface area contributed by atoms with Crippen molar-refractivity contribution in [3.63, 3.8) is 0 Å². The number of nitrogens with zero attached hydrogens (tertiary/aromatic N) is 4. The van der Waals surface area contributed by atoms with Crippen LogP contribution in [0.5, 0.6) is 23.0 Å². The number of carbonyl (C=O) groups excluding carboxylic acids is 6. The molecular formula is C45H47N5O12. The van der Waals surface area contributed by atoms with Gasteiger partial charge in [0.1, 0.15) is 29.0 Å². The molecule has 3 fully saturated rings. The van der Waals surface area contributed by atoms with Crippen molar-refractivity contribution in [2.24, 2.45) is 7.05 Å². The number of methoxy groups -OCH3 is 2. The number of rotatable bonds is 13. The molecule has 5 heterocycles. The Labute approximate surface area is 356 Å². The number of hydrogen-bond acceptors (Lipinski definition) is 13. The first-order valence-corrected chi connectivity index (χ1v) is 20.5. The molecule has 4 aliphatic heterocycles. The summed E-state index contributed by atoms with van der Waals surface area (Å²) in [4.78, 5) is 93.3. The number of nitrogens with one attached hydrogen (secondary N) is 1. The van der Waals surface area contributed by atoms with E-state index < -0.39 is 35.3 Å². The van der Waals surface area contributed by atoms with Gasteiger partial charge >= 0.3 is 0 Å². The van der Waals surface area contributed by atoms with E-state index in [1.165, 1.54) is 10.6 Å². The minimum absolute atomic E-state index is 0.0245. The summed E-state index contributed by atoms with van der Waals surface area (Å²) in [5, 5.41) is 3.28. The Morgan fingerprint density at radius 1 is 0.919 bits per heavy atom. The molecule has 0 saturated carbocycles. The van der Waals surface area contributed by atoms with Gasteiger partial charge in [-0.3, -0.25) is 48.7 Å². The summed E-state index contributed by atoms with van der Waals surface area (Å²) in [7, 11) is 4.89. The molecule has 3 saturated heterocycles. The van der Waals surface area contributed by atoms with Crippen LogP contribution in [0.25, 0.3) is 21.9 Å². The van der Waals surface area contributed by atoms with Crippen LogP contribution in [0.15, 0.2) is 59.5 Å². The van der Waals surface area contributed by atoms with Crippen molar-refractivity contribution in [3.8, 4) is 34.1 Å². The summed E-state index contributed by atoms with van der Waals surface area (Å²) in [6, 6.07) is 12.4. The highest BCUT2D eigenvalue weighted by Crippen LogP contribution is 2.40. The molecule has 5 amide bonds. The lowest BCUT2D eigenvalue weighted by atomic mass is 9.88. The molecular weight excluding hydrogens is 803 g/mol. The standard InChI is InChI=1S/C45H47N5O12/c1-47-23-32(29-10-9-28(61-26-51)22-31(29)42(47)55)27-20-36(58-2)33(37(21-27)59-3)24-48-15-13-45(14-16-48)25-49(17-19-62-45)39(53)8-5-18-60-35-7-4-6-30-40(35)44(57)50(43(30)56)34-11-12-38(52)46-41(34)54/h4,6-7,9-10,20-23,26,34H,5,8,11-19,24-25H2,1-3H3,(H,46,52,54). The Morgan fingerprint density at radius 3 is 2.39 bits per heavy atom. The van der Waals surface area contributed by atoms with Crippen molar-refractivity contribution in [1.82, 2.24) is 24.6 Å². The van der Waals surface area contributed by atoms with Crippen molar-refractivity contribution in [2.45, 2.75) is 56.7 Å². The fourth-order valence-corrected chi connectivity index (χ4v) is 8.97. The summed E-state index contributed by atoms with van der Waals surface area (Å²) < 4.78 is 30.7. The third-order valence-corrected chi connectivity index (χ3v) is 12.2. The van der Waals surface area contributed by atoms with E-state index in [9.17, 15) is 33.6 Å². The first-order valence-electron chi connectivity index (χ1n) is 20.5. The van der Waals surface area contributed by atoms with Crippen LogP contribution in [0.1, 0.15) is 64.8 Å². The summed E-state index contributed by atoms with van der Waals surface area (Å²) in [5.74, 6) is -0.691. The number of carbonyl (C=O) groups is 6. The fourth-order valence-electron chi connectivity index (χ4n) is 8.97. The highest BCUT2D eigenvalue weighted by Gasteiger charge is 2.46. The molecule has 17 heteroatoms. The van der Waals surface area contributed by atoms with Crippen LogP contribution in [0.4, 0.5) is 0 Å². The van der Waals surface area contributed by atoms with Gasteiger partial charge in [-0.1, -0.05) is 6.07 Å². The molecule has 1 atom stereocenters. The predicted octanol–water partition coefficient (Wildman–Crippen LogP) is 3.21. The summed E-state index contributed by atoms with van der Waals surface area (Å²) in [5.41, 5.74) is 1.92. The summed E-state index contributed by atoms with van der Waals surface area (Å²) >= 11 is 0. The lowest BCUT2D eigenvalue weighted by Gasteiger charge is -2.47. The Hall–Kier alpha value is -6.59. The minimum atomic E-state index is -1.08. The van der Waals surface area contributed by atoms with Crippen molar-refractivity contribution in [2.75, 3.05) is 53.6 Å². The number of fused-ring (bicyclic) bond motifs is 2. The number of benzene rings is 3. The number of imide groups is 2. The van der Waals surface area contributed by atoms with Gasteiger partial charge in [0.15, 0.2) is 0 Å². The largest absolute Gasteiger partial charge is 0.496 e. The molecule has 1 N–H and O–H groups in total. The molecule has 1 unspecified atom stereocenters. The van der Waals surface area contributed by atoms with Gasteiger partial charge in [0, 0.05) is 64.4 Å². The lowest BCUT2D eigenvalue weighted by Crippen LogP contribution is -2.57. The number of morpholine rings is 1. The number of piperidine rings is 2. The third kappa shape index (κ3) is 8.00. The van der Waals surface area contributed by atoms with Crippen LogP contribution in [-0.4, -0.2) is 121 Å². The smallest absolute Gasteiger partial charge is 0.298 e. The zero-order valence-corrected chi connectivity index (χ0v) is 34.7. The monoisotopic (exact) mass is 849 g/mol. The van der Waals surface area contributed by atoms with Crippen molar-refractivity contribution in [3.05, 3.63) is 81.8 Å². The topological polar surface area (TPSA) is 192 Å². The maximum atomic E-state index is 13.5. The van der Waals surface area contributed by atoms with Crippen LogP contribution in [0, 0.1) is 0 Å². The van der Waals surface area contributed by atoms with Gasteiger partial charge in [-0.15, -0.1) is 0 Å². The van der Waals surface area contributed by atoms with Crippen LogP contribution < -0.4 is 29.8 Å². The number of aryl methyl sites for hydroxylation is 1. The average molecular weight is 850 g/mol. The van der Waals surface area contributed by atoms with E-state index in [1.54, 1.807) is 57.8 Å². The number of aromatic nitrogens is 1. The van der Waals surface area contributed by atoms with Crippen LogP contribution >= 0.6 is 0 Å². The quantitative estimate of drug-likeness (QED) is 0.117. The molecule has 8 rings (SSSR count). The van der Waals surface area contributed by atoms with Gasteiger partial charge in [0.05, 0.1) is 55.1 Å². The molecule has 17 nitrogen and oxygen atoms in total. The number of hydrogen-bond donors (Lipinski definition) is 1. The molecule has 1 spiro atoms. The average Bonchev–Trinajstić information content (AvgIpc) is 3.53. The zero-order valence-electron chi connectivity index (χ0n) is 34.7. The highest BCUT2D eigenvalue weighted by molar-refractivity contribution is 6.24. The number of likely N-dealkylation sites (tertiary alicyclic amines) is 1. The van der Waals surface area contributed by atoms with Gasteiger partial charge < -0.3 is 33.2 Å². The lowest BCUT2D eigenvalue weighted by molar-refractivity contribution is -0.159. The van der Waals surface area contributed by atoms with E-state index in [1.807, 2.05) is 17.0 Å². The SMILES string of the molecule is COc1cc(-c2cn(C)c(=O)c3cc(OC=O)ccc23)cc(OC)c1CN1CCC2(CC1)CN(C(=O)CCCOc1cccc3c1C(=O)N(C1CCC(=O)NC1=O)C3=O)CCO2. The van der Waals surface area contributed by atoms with Crippen molar-refractivity contribution in [1.29, 1.82) is 0 Å². The Bertz CT molecular complexity index is 2520. The maximum absolute atomic E-state index is 13.5. The second-order valence-electron chi connectivity index (χ2n) is 15.9. The van der Waals surface area contributed by atoms with Crippen LogP contribution in [0.3, 0.4) is 0 Å². The van der Waals surface area contributed by atoms with E-state index in [0.29, 0.717) is 87.3 Å². The molecule has 4 aliphatic rings. The molecule has 0 radical (unpaired) electrons. The molecule has 0 bridgehead atoms. The van der Waals surface area contributed by atoms with Crippen LogP contribution in [0.2, 0.25) is 0 Å². The first-order chi connectivity index (χ1) is 29.9. The first kappa shape index (κ1) is 42.1. The number of ether oxygens (including phenoxy) is 5. The van der Waals surface area contributed by atoms with Gasteiger partial charge in [-0.25, -0.2) is 0 Å². The van der Waals surface area contributed by atoms with Gasteiger partial charge in [-0.2, -0.15) is 0 Å². The highest BCUT2D eigenvalue weighted by atomic mass is 16.5. The van der Waals surface area contributed by atoms with E-state index in [0.717, 1.165) is 21.6 Å². The number of pyridine rings is 1. The Kier molecular flexibility index (Phi) is 11.8. The van der Waals surface area contributed by atoms with Crippen LogP contribution in [-0.2, 0) is 37.5 Å². The maximum Gasteiger partial charge on any atom is 0.298 e. The second kappa shape index (κ2) is 17.4. The molecule has 4 aromatic rings. The Balaban J connectivity index is 0.869. The van der Waals surface area contributed by atoms with E-state index in [-0.39, 0.29) is 60.0 Å². The van der Waals surface area contributed by atoms with Crippen molar-refractivity contribution < 1.29 is 52.5 Å². The third-order valence-electron chi connectivity index (χ3n) is 12.2. The van der Waals surface area contributed by atoms with Gasteiger partial charge in [0.2, 0.25) is 17.7 Å². The molecule has 3 aromatic carbocycles. The van der Waals surface area contributed by atoms with E-state index in [4.69, 9.17) is 23.7 Å². The minimum Gasteiger partial charge on any atom is -0.496 e. The molecule has 0 aliphatic carbocycles. The summed E-state index contributed by atoms with van der Waals surface area (Å²) in [6.45, 7) is 3.79.